The molecule has 3 aromatic carbocycles. The highest BCUT2D eigenvalue weighted by Gasteiger charge is 2.26. The Kier molecular flexibility index (Phi) is 6.52. The molecule has 0 fully saturated rings. The van der Waals surface area contributed by atoms with E-state index in [-0.39, 0.29) is 16.3 Å². The lowest BCUT2D eigenvalue weighted by atomic mass is 10.1. The van der Waals surface area contributed by atoms with E-state index in [0.717, 1.165) is 40.8 Å². The van der Waals surface area contributed by atoms with Crippen molar-refractivity contribution >= 4 is 61.2 Å². The molecule has 0 spiro atoms. The van der Waals surface area contributed by atoms with Gasteiger partial charge in [0.25, 0.3) is 17.3 Å². The van der Waals surface area contributed by atoms with Crippen molar-refractivity contribution in [2.24, 2.45) is 5.10 Å². The third kappa shape index (κ3) is 4.91. The van der Waals surface area contributed by atoms with Gasteiger partial charge in [-0.05, 0) is 30.3 Å². The van der Waals surface area contributed by atoms with Gasteiger partial charge in [0.1, 0.15) is 17.6 Å². The van der Waals surface area contributed by atoms with Crippen molar-refractivity contribution in [3.8, 4) is 5.75 Å². The fourth-order valence-electron chi connectivity index (χ4n) is 3.65. The van der Waals surface area contributed by atoms with Crippen molar-refractivity contribution in [3.63, 3.8) is 0 Å². The number of carbonyl (C=O) groups is 1. The van der Waals surface area contributed by atoms with Gasteiger partial charge >= 0.3 is 0 Å². The fourth-order valence-corrected chi connectivity index (χ4v) is 4.60. The fraction of sp³-hybridized carbons (Fsp3) is 0.0400. The van der Waals surface area contributed by atoms with Crippen LogP contribution in [-0.2, 0) is 0 Å². The number of rotatable bonds is 7. The number of amides is 1. The molecule has 13 nitrogen and oxygen atoms in total. The van der Waals surface area contributed by atoms with Crippen LogP contribution in [0.3, 0.4) is 0 Å². The third-order valence-electron chi connectivity index (χ3n) is 5.55. The second kappa shape index (κ2) is 10.1. The Labute approximate surface area is 221 Å². The number of aromatic nitrogens is 1. The summed E-state index contributed by atoms with van der Waals surface area (Å²) in [5.74, 6) is -0.406. The molecule has 39 heavy (non-hydrogen) atoms. The van der Waals surface area contributed by atoms with Crippen molar-refractivity contribution in [2.75, 3.05) is 12.1 Å². The molecule has 194 valence electrons. The van der Waals surface area contributed by atoms with Gasteiger partial charge in [-0.2, -0.15) is 10.1 Å². The predicted molar refractivity (Wildman–Crippen MR) is 143 cm³/mol. The van der Waals surface area contributed by atoms with Crippen molar-refractivity contribution < 1.29 is 23.8 Å². The number of para-hydroxylation sites is 1. The van der Waals surface area contributed by atoms with Crippen LogP contribution in [-0.4, -0.2) is 34.1 Å². The Balaban J connectivity index is 1.65. The Bertz CT molecular complexity index is 1850. The maximum Gasteiger partial charge on any atom is 0.281 e. The minimum absolute atomic E-state index is 0.0132. The monoisotopic (exact) mass is 545 g/mol. The SMILES string of the molecule is COc1ccc2nc(N(/N=C/c3coc4ccccc4c3=O)C(=O)c3cc([N+](=O)[O-])cc([N+](=O)[O-])c3)sc2c1. The van der Waals surface area contributed by atoms with E-state index >= 15 is 0 Å². The smallest absolute Gasteiger partial charge is 0.281 e. The average Bonchev–Trinajstić information content (AvgIpc) is 3.36. The molecule has 0 saturated carbocycles. The number of benzene rings is 3. The largest absolute Gasteiger partial charge is 0.497 e. The van der Waals surface area contributed by atoms with E-state index in [1.54, 1.807) is 42.5 Å². The summed E-state index contributed by atoms with van der Waals surface area (Å²) in [6, 6.07) is 14.1. The molecular formula is C25H15N5O8S. The third-order valence-corrected chi connectivity index (χ3v) is 6.54. The Morgan fingerprint density at radius 1 is 1.08 bits per heavy atom. The minimum atomic E-state index is -0.950. The van der Waals surface area contributed by atoms with Crippen molar-refractivity contribution in [1.82, 2.24) is 4.98 Å². The summed E-state index contributed by atoms with van der Waals surface area (Å²) in [7, 11) is 1.49. The quantitative estimate of drug-likeness (QED) is 0.156. The first kappa shape index (κ1) is 25.2. The van der Waals surface area contributed by atoms with Gasteiger partial charge in [0.2, 0.25) is 10.6 Å². The molecule has 0 unspecified atom stereocenters. The molecule has 5 aromatic rings. The summed E-state index contributed by atoms with van der Waals surface area (Å²) in [4.78, 5) is 52.1. The highest BCUT2D eigenvalue weighted by Crippen LogP contribution is 2.33. The van der Waals surface area contributed by atoms with E-state index in [1.165, 1.54) is 13.4 Å². The predicted octanol–water partition coefficient (Wildman–Crippen LogP) is 4.91. The van der Waals surface area contributed by atoms with Crippen molar-refractivity contribution in [3.05, 3.63) is 109 Å². The summed E-state index contributed by atoms with van der Waals surface area (Å²) in [6.45, 7) is 0. The van der Waals surface area contributed by atoms with E-state index < -0.39 is 32.6 Å². The minimum Gasteiger partial charge on any atom is -0.497 e. The van der Waals surface area contributed by atoms with Crippen LogP contribution >= 0.6 is 11.3 Å². The number of fused-ring (bicyclic) bond motifs is 2. The number of nitro benzene ring substituents is 2. The highest BCUT2D eigenvalue weighted by atomic mass is 32.1. The van der Waals surface area contributed by atoms with E-state index in [1.807, 2.05) is 0 Å². The van der Waals surface area contributed by atoms with Crippen LogP contribution in [0.2, 0.25) is 0 Å². The number of non-ortho nitro benzene ring substituents is 2. The first-order valence-electron chi connectivity index (χ1n) is 11.0. The van der Waals surface area contributed by atoms with Crippen LogP contribution in [0.4, 0.5) is 16.5 Å². The molecule has 5 rings (SSSR count). The van der Waals surface area contributed by atoms with Crippen LogP contribution < -0.4 is 15.2 Å². The van der Waals surface area contributed by atoms with Crippen LogP contribution in [0.25, 0.3) is 21.2 Å². The first-order valence-corrected chi connectivity index (χ1v) is 11.8. The Morgan fingerprint density at radius 3 is 2.49 bits per heavy atom. The molecular weight excluding hydrogens is 530 g/mol. The van der Waals surface area contributed by atoms with Gasteiger partial charge in [-0.15, -0.1) is 0 Å². The van der Waals surface area contributed by atoms with Crippen molar-refractivity contribution in [2.45, 2.75) is 0 Å². The number of nitro groups is 2. The van der Waals surface area contributed by atoms with Crippen LogP contribution in [0.15, 0.2) is 81.2 Å². The summed E-state index contributed by atoms with van der Waals surface area (Å²) in [5, 5.41) is 28.1. The first-order chi connectivity index (χ1) is 18.7. The number of hydrazone groups is 1. The molecule has 2 heterocycles. The number of hydrogen-bond donors (Lipinski definition) is 0. The second-order valence-electron chi connectivity index (χ2n) is 7.96. The van der Waals surface area contributed by atoms with Crippen LogP contribution in [0.5, 0.6) is 5.75 Å². The number of hydrogen-bond acceptors (Lipinski definition) is 11. The molecule has 2 aromatic heterocycles. The number of nitrogens with zero attached hydrogens (tertiary/aromatic N) is 5. The van der Waals surface area contributed by atoms with E-state index in [2.05, 4.69) is 10.1 Å². The lowest BCUT2D eigenvalue weighted by molar-refractivity contribution is -0.394. The Morgan fingerprint density at radius 2 is 1.79 bits per heavy atom. The van der Waals surface area contributed by atoms with Gasteiger partial charge in [0, 0.05) is 12.1 Å². The highest BCUT2D eigenvalue weighted by molar-refractivity contribution is 7.22. The van der Waals surface area contributed by atoms with Gasteiger partial charge < -0.3 is 9.15 Å². The van der Waals surface area contributed by atoms with E-state index in [9.17, 15) is 29.8 Å². The normalized spacial score (nSPS) is 11.2. The van der Waals surface area contributed by atoms with Gasteiger partial charge in [0.15, 0.2) is 0 Å². The standard InChI is InChI=1S/C25H15N5O8S/c1-37-18-6-7-20-22(11-18)39-25(27-20)28(24(32)14-8-16(29(33)34)10-17(9-14)30(35)36)26-12-15-13-38-21-5-3-2-4-19(21)23(15)31/h2-13H,1H3/b26-12+. The average molecular weight is 545 g/mol. The number of ether oxygens (including phenoxy) is 1. The van der Waals surface area contributed by atoms with Gasteiger partial charge in [-0.3, -0.25) is 29.8 Å². The lowest BCUT2D eigenvalue weighted by Crippen LogP contribution is -2.26. The zero-order valence-corrected chi connectivity index (χ0v) is 20.7. The summed E-state index contributed by atoms with van der Waals surface area (Å²) in [6.07, 6.45) is 2.27. The molecule has 0 saturated heterocycles. The molecule has 0 aliphatic heterocycles. The maximum absolute atomic E-state index is 13.6. The molecule has 0 radical (unpaired) electrons. The lowest BCUT2D eigenvalue weighted by Gasteiger charge is -2.13. The van der Waals surface area contributed by atoms with Crippen LogP contribution in [0.1, 0.15) is 15.9 Å². The molecule has 0 aliphatic rings. The Hall–Kier alpha value is -5.50. The summed E-state index contributed by atoms with van der Waals surface area (Å²) in [5.41, 5.74) is -1.22. The number of methoxy groups -OCH3 is 1. The summed E-state index contributed by atoms with van der Waals surface area (Å²) >= 11 is 1.05. The topological polar surface area (TPSA) is 171 Å². The molecule has 14 heteroatoms. The van der Waals surface area contributed by atoms with Gasteiger partial charge in [-0.1, -0.05) is 23.5 Å². The molecule has 0 aliphatic carbocycles. The molecule has 0 bridgehead atoms. The van der Waals surface area contributed by atoms with E-state index in [0.29, 0.717) is 26.9 Å². The summed E-state index contributed by atoms with van der Waals surface area (Å²) < 4.78 is 11.4. The second-order valence-corrected chi connectivity index (χ2v) is 8.97. The van der Waals surface area contributed by atoms with E-state index in [4.69, 9.17) is 9.15 Å². The maximum atomic E-state index is 13.6. The number of thiazole rings is 1. The zero-order valence-electron chi connectivity index (χ0n) is 19.8. The molecule has 0 N–H and O–H groups in total. The van der Waals surface area contributed by atoms with Gasteiger partial charge in [0.05, 0.1) is 56.0 Å². The molecule has 0 atom stereocenters. The number of carbonyl (C=O) groups excluding carboxylic acids is 1. The van der Waals surface area contributed by atoms with Crippen LogP contribution in [0, 0.1) is 20.2 Å². The number of anilines is 1. The van der Waals surface area contributed by atoms with Gasteiger partial charge in [-0.25, -0.2) is 4.98 Å². The van der Waals surface area contributed by atoms with Crippen molar-refractivity contribution in [1.29, 1.82) is 0 Å². The molecule has 1 amide bonds. The zero-order chi connectivity index (χ0) is 27.7.